The van der Waals surface area contributed by atoms with Crippen LogP contribution in [0.2, 0.25) is 0 Å². The molecule has 0 radical (unpaired) electrons. The molecule has 0 saturated carbocycles. The maximum atomic E-state index is 12.5. The van der Waals surface area contributed by atoms with Gasteiger partial charge in [-0.3, -0.25) is 14.8 Å². The van der Waals surface area contributed by atoms with Gasteiger partial charge in [0, 0.05) is 25.0 Å². The van der Waals surface area contributed by atoms with E-state index in [0.29, 0.717) is 18.0 Å². The Kier molecular flexibility index (Phi) is 6.83. The van der Waals surface area contributed by atoms with Crippen LogP contribution in [0.5, 0.6) is 0 Å². The van der Waals surface area contributed by atoms with E-state index in [9.17, 15) is 4.79 Å². The van der Waals surface area contributed by atoms with E-state index in [4.69, 9.17) is 4.74 Å². The van der Waals surface area contributed by atoms with E-state index in [1.54, 1.807) is 13.3 Å². The van der Waals surface area contributed by atoms with Gasteiger partial charge in [-0.05, 0) is 66.5 Å². The summed E-state index contributed by atoms with van der Waals surface area (Å²) in [6.07, 6.45) is 6.84. The molecular weight excluding hydrogens is 412 g/mol. The van der Waals surface area contributed by atoms with Crippen molar-refractivity contribution in [3.63, 3.8) is 0 Å². The molecule has 1 N–H and O–H groups in total. The first-order valence-corrected chi connectivity index (χ1v) is 11.0. The van der Waals surface area contributed by atoms with E-state index in [2.05, 4.69) is 32.8 Å². The highest BCUT2D eigenvalue weighted by Gasteiger charge is 2.15. The number of hydrogen-bond acceptors (Lipinski definition) is 5. The molecule has 0 spiro atoms. The highest BCUT2D eigenvalue weighted by atomic mass is 16.5. The van der Waals surface area contributed by atoms with Gasteiger partial charge in [-0.2, -0.15) is 0 Å². The van der Waals surface area contributed by atoms with Crippen LogP contribution in [0, 0.1) is 6.92 Å². The predicted molar refractivity (Wildman–Crippen MR) is 131 cm³/mol. The first-order chi connectivity index (χ1) is 16.0. The Morgan fingerprint density at radius 1 is 1.12 bits per heavy atom. The second-order valence-electron chi connectivity index (χ2n) is 8.06. The van der Waals surface area contributed by atoms with E-state index in [0.717, 1.165) is 47.6 Å². The molecule has 1 aliphatic heterocycles. The van der Waals surface area contributed by atoms with Crippen LogP contribution in [0.4, 0.5) is 5.69 Å². The number of nitrogens with one attached hydrogen (secondary N) is 1. The van der Waals surface area contributed by atoms with Gasteiger partial charge in [-0.15, -0.1) is 0 Å². The van der Waals surface area contributed by atoms with Gasteiger partial charge >= 0.3 is 0 Å². The number of ether oxygens (including phenoxy) is 1. The van der Waals surface area contributed by atoms with Crippen LogP contribution in [0.3, 0.4) is 0 Å². The molecule has 0 saturated heterocycles. The minimum Gasteiger partial charge on any atom is -0.483 e. The average molecular weight is 441 g/mol. The van der Waals surface area contributed by atoms with Crippen LogP contribution in [-0.4, -0.2) is 41.0 Å². The van der Waals surface area contributed by atoms with E-state index in [-0.39, 0.29) is 5.91 Å². The number of aryl methyl sites for hydroxylation is 1. The summed E-state index contributed by atoms with van der Waals surface area (Å²) < 4.78 is 5.20. The van der Waals surface area contributed by atoms with Crippen molar-refractivity contribution >= 4 is 17.2 Å². The molecule has 168 valence electrons. The van der Waals surface area contributed by atoms with Crippen molar-refractivity contribution in [3.05, 3.63) is 96.4 Å². The number of anilines is 1. The Morgan fingerprint density at radius 2 is 1.94 bits per heavy atom. The molecule has 1 aromatic carbocycles. The summed E-state index contributed by atoms with van der Waals surface area (Å²) in [7, 11) is 1.63. The number of rotatable bonds is 7. The number of hydrogen-bond donors (Lipinski definition) is 1. The summed E-state index contributed by atoms with van der Waals surface area (Å²) in [5.41, 5.74) is 6.98. The van der Waals surface area contributed by atoms with Gasteiger partial charge in [0.2, 0.25) is 5.91 Å². The highest BCUT2D eigenvalue weighted by Crippen LogP contribution is 2.24. The van der Waals surface area contributed by atoms with E-state index >= 15 is 0 Å². The molecule has 0 bridgehead atoms. The zero-order valence-electron chi connectivity index (χ0n) is 19.0. The van der Waals surface area contributed by atoms with Gasteiger partial charge in [0.1, 0.15) is 0 Å². The number of methoxy groups -OCH3 is 1. The molecule has 3 heterocycles. The van der Waals surface area contributed by atoms with Crippen LogP contribution in [0.25, 0.3) is 16.7 Å². The van der Waals surface area contributed by atoms with Crippen molar-refractivity contribution in [2.75, 3.05) is 25.5 Å². The lowest BCUT2D eigenvalue weighted by atomic mass is 10.0. The molecule has 6 heteroatoms. The molecule has 2 aromatic heterocycles. The fraction of sp³-hybridized carbons (Fsp3) is 0.222. The fourth-order valence-electron chi connectivity index (χ4n) is 3.85. The zero-order valence-corrected chi connectivity index (χ0v) is 19.0. The summed E-state index contributed by atoms with van der Waals surface area (Å²) >= 11 is 0. The second-order valence-corrected chi connectivity index (χ2v) is 8.06. The third kappa shape index (κ3) is 5.66. The minimum absolute atomic E-state index is 0.0670. The molecule has 0 atom stereocenters. The Balaban J connectivity index is 1.33. The first-order valence-electron chi connectivity index (χ1n) is 11.0. The summed E-state index contributed by atoms with van der Waals surface area (Å²) in [5, 5.41) is 2.94. The van der Waals surface area contributed by atoms with Crippen LogP contribution >= 0.6 is 0 Å². The molecule has 4 rings (SSSR count). The number of benzene rings is 1. The van der Waals surface area contributed by atoms with Gasteiger partial charge in [0.25, 0.3) is 0 Å². The van der Waals surface area contributed by atoms with Crippen molar-refractivity contribution in [1.82, 2.24) is 14.9 Å². The fourth-order valence-corrected chi connectivity index (χ4v) is 3.85. The molecule has 1 amide bonds. The van der Waals surface area contributed by atoms with Gasteiger partial charge in [0.05, 0.1) is 31.1 Å². The summed E-state index contributed by atoms with van der Waals surface area (Å²) in [6, 6.07) is 15.9. The summed E-state index contributed by atoms with van der Waals surface area (Å²) in [4.78, 5) is 23.4. The molecular formula is C27H28N4O2. The minimum atomic E-state index is -0.0670. The maximum absolute atomic E-state index is 12.5. The Bertz CT molecular complexity index is 1170. The monoisotopic (exact) mass is 440 g/mol. The van der Waals surface area contributed by atoms with Gasteiger partial charge in [-0.25, -0.2) is 0 Å². The maximum Gasteiger partial charge on any atom is 0.228 e. The lowest BCUT2D eigenvalue weighted by Gasteiger charge is -2.28. The molecule has 0 unspecified atom stereocenters. The Labute approximate surface area is 194 Å². The molecule has 1 aliphatic rings. The first kappa shape index (κ1) is 22.3. The molecule has 3 aromatic rings. The molecule has 33 heavy (non-hydrogen) atoms. The summed E-state index contributed by atoms with van der Waals surface area (Å²) in [6.45, 7) is 7.47. The highest BCUT2D eigenvalue weighted by molar-refractivity contribution is 5.92. The third-order valence-corrected chi connectivity index (χ3v) is 5.72. The van der Waals surface area contributed by atoms with Crippen LogP contribution in [0.1, 0.15) is 23.4 Å². The number of carbonyl (C=O) groups is 1. The van der Waals surface area contributed by atoms with Gasteiger partial charge < -0.3 is 15.0 Å². The third-order valence-electron chi connectivity index (χ3n) is 5.72. The van der Waals surface area contributed by atoms with Crippen molar-refractivity contribution < 1.29 is 9.53 Å². The number of carbonyl (C=O) groups excluding carboxylic acids is 1. The number of amides is 1. The quantitative estimate of drug-likeness (QED) is 0.533. The number of aromatic nitrogens is 2. The molecule has 0 aliphatic carbocycles. The average Bonchev–Trinajstić information content (AvgIpc) is 2.84. The topological polar surface area (TPSA) is 67.3 Å². The van der Waals surface area contributed by atoms with E-state index in [1.165, 1.54) is 5.57 Å². The van der Waals surface area contributed by atoms with Gasteiger partial charge in [-0.1, -0.05) is 30.3 Å². The second kappa shape index (κ2) is 10.1. The SMILES string of the molecule is C=C(OC)N1CC=C(c2ccc(NC(=O)Cc3ccc(-c4ccnc(C)c4)cc3)cn2)CC1. The van der Waals surface area contributed by atoms with Crippen molar-refractivity contribution in [2.24, 2.45) is 0 Å². The zero-order chi connectivity index (χ0) is 23.2. The van der Waals surface area contributed by atoms with Crippen molar-refractivity contribution in [1.29, 1.82) is 0 Å². The predicted octanol–water partition coefficient (Wildman–Crippen LogP) is 4.84. The molecule has 6 nitrogen and oxygen atoms in total. The Morgan fingerprint density at radius 3 is 2.58 bits per heavy atom. The molecule has 0 fully saturated rings. The summed E-state index contributed by atoms with van der Waals surface area (Å²) in [5.74, 6) is 0.612. The number of nitrogens with zero attached hydrogens (tertiary/aromatic N) is 3. The van der Waals surface area contributed by atoms with Crippen LogP contribution in [-0.2, 0) is 16.0 Å². The smallest absolute Gasteiger partial charge is 0.228 e. The van der Waals surface area contributed by atoms with Crippen molar-refractivity contribution in [2.45, 2.75) is 19.8 Å². The van der Waals surface area contributed by atoms with Gasteiger partial charge in [0.15, 0.2) is 5.88 Å². The largest absolute Gasteiger partial charge is 0.483 e. The lowest BCUT2D eigenvalue weighted by Crippen LogP contribution is -2.28. The van der Waals surface area contributed by atoms with E-state index < -0.39 is 0 Å². The van der Waals surface area contributed by atoms with E-state index in [1.807, 2.05) is 61.7 Å². The standard InChI is InChI=1S/C27H28N4O2/c1-19-16-24(10-13-28-19)22-6-4-21(5-7-22)17-27(32)30-25-8-9-26(29-18-25)23-11-14-31(15-12-23)20(2)33-3/h4-11,13,16,18H,2,12,14-15,17H2,1,3H3,(H,30,32). The Hall–Kier alpha value is -3.93. The number of pyridine rings is 2. The normalized spacial score (nSPS) is 13.3. The van der Waals surface area contributed by atoms with Crippen LogP contribution in [0.15, 0.2) is 79.5 Å². The van der Waals surface area contributed by atoms with Crippen LogP contribution < -0.4 is 5.32 Å². The van der Waals surface area contributed by atoms with Crippen molar-refractivity contribution in [3.8, 4) is 11.1 Å². The lowest BCUT2D eigenvalue weighted by molar-refractivity contribution is -0.115.